The average Bonchev–Trinajstić information content (AvgIpc) is 3.17. The Morgan fingerprint density at radius 3 is 2.41 bits per heavy atom. The second-order valence-corrected chi connectivity index (χ2v) is 11.1. The number of aliphatic hydroxyl groups is 2. The van der Waals surface area contributed by atoms with Gasteiger partial charge in [-0.2, -0.15) is 13.2 Å². The van der Waals surface area contributed by atoms with E-state index >= 15 is 0 Å². The average molecular weight is 494 g/mol. The summed E-state index contributed by atoms with van der Waals surface area (Å²) in [5.74, 6) is 0.0692. The molecule has 178 valence electrons. The molecule has 0 aliphatic carbocycles. The molecule has 1 unspecified atom stereocenters. The third-order valence-corrected chi connectivity index (χ3v) is 7.77. The molecular weight excluding hydrogens is 467 g/mol. The lowest BCUT2D eigenvalue weighted by atomic mass is 9.99. The van der Waals surface area contributed by atoms with Crippen molar-refractivity contribution in [3.63, 3.8) is 0 Å². The Kier molecular flexibility index (Phi) is 7.08. The van der Waals surface area contributed by atoms with Crippen molar-refractivity contribution in [1.29, 1.82) is 0 Å². The molecular formula is C20H26F3N3O4S2. The van der Waals surface area contributed by atoms with E-state index in [1.165, 1.54) is 6.07 Å². The Balaban J connectivity index is 1.92. The standard InChI is InChI=1S/C20H26F3N3O4S2/c1-12(2)15-9-25(14-5-4-13(10-27)17(8-14)32(3,29)30)6-7-26(15)19-24-18(20(21,22)23)16(11-28)31-19/h4-5,8,12,15,27-28H,6-7,9-11H2,1-3H3. The highest BCUT2D eigenvalue weighted by atomic mass is 32.2. The zero-order chi connectivity index (χ0) is 23.8. The van der Waals surface area contributed by atoms with Gasteiger partial charge in [0, 0.05) is 31.6 Å². The van der Waals surface area contributed by atoms with Crippen LogP contribution in [0.1, 0.15) is 30.0 Å². The molecule has 32 heavy (non-hydrogen) atoms. The van der Waals surface area contributed by atoms with Gasteiger partial charge in [-0.3, -0.25) is 0 Å². The molecule has 7 nitrogen and oxygen atoms in total. The molecule has 0 saturated carbocycles. The maximum absolute atomic E-state index is 13.3. The molecule has 2 N–H and O–H groups in total. The lowest BCUT2D eigenvalue weighted by Gasteiger charge is -2.44. The molecule has 1 atom stereocenters. The van der Waals surface area contributed by atoms with Crippen molar-refractivity contribution in [2.45, 2.75) is 44.2 Å². The fourth-order valence-corrected chi connectivity index (χ4v) is 5.83. The predicted molar refractivity (Wildman–Crippen MR) is 117 cm³/mol. The van der Waals surface area contributed by atoms with Crippen molar-refractivity contribution in [1.82, 2.24) is 4.98 Å². The fraction of sp³-hybridized carbons (Fsp3) is 0.550. The summed E-state index contributed by atoms with van der Waals surface area (Å²) in [6.07, 6.45) is -3.56. The highest BCUT2D eigenvalue weighted by Crippen LogP contribution is 2.39. The SMILES string of the molecule is CC(C)C1CN(c2ccc(CO)c(S(C)(=O)=O)c2)CCN1c1nc(C(F)(F)F)c(CO)s1. The van der Waals surface area contributed by atoms with Gasteiger partial charge in [0.2, 0.25) is 0 Å². The van der Waals surface area contributed by atoms with Crippen molar-refractivity contribution in [3.05, 3.63) is 34.3 Å². The number of anilines is 2. The highest BCUT2D eigenvalue weighted by Gasteiger charge is 2.39. The van der Waals surface area contributed by atoms with Crippen LogP contribution in [0, 0.1) is 5.92 Å². The molecule has 1 fully saturated rings. The topological polar surface area (TPSA) is 94.0 Å². The number of aromatic nitrogens is 1. The van der Waals surface area contributed by atoms with Gasteiger partial charge in [0.05, 0.1) is 29.0 Å². The van der Waals surface area contributed by atoms with Crippen LogP contribution in [0.5, 0.6) is 0 Å². The molecule has 12 heteroatoms. The van der Waals surface area contributed by atoms with Crippen LogP contribution in [0.15, 0.2) is 23.1 Å². The number of piperazine rings is 1. The zero-order valence-corrected chi connectivity index (χ0v) is 19.6. The molecule has 1 aliphatic rings. The van der Waals surface area contributed by atoms with E-state index < -0.39 is 34.9 Å². The van der Waals surface area contributed by atoms with Gasteiger partial charge in [0.15, 0.2) is 20.7 Å². The third kappa shape index (κ3) is 5.03. The van der Waals surface area contributed by atoms with Gasteiger partial charge in [-0.15, -0.1) is 0 Å². The second kappa shape index (κ2) is 9.16. The first-order valence-electron chi connectivity index (χ1n) is 10.00. The van der Waals surface area contributed by atoms with E-state index in [1.807, 2.05) is 23.6 Å². The van der Waals surface area contributed by atoms with Crippen LogP contribution in [-0.2, 0) is 29.2 Å². The Morgan fingerprint density at radius 2 is 1.91 bits per heavy atom. The summed E-state index contributed by atoms with van der Waals surface area (Å²) in [6, 6.07) is 4.67. The quantitative estimate of drug-likeness (QED) is 0.639. The lowest BCUT2D eigenvalue weighted by molar-refractivity contribution is -0.141. The Bertz CT molecular complexity index is 1070. The van der Waals surface area contributed by atoms with Gasteiger partial charge in [0.25, 0.3) is 0 Å². The summed E-state index contributed by atoms with van der Waals surface area (Å²) < 4.78 is 64.2. The maximum Gasteiger partial charge on any atom is 0.434 e. The maximum atomic E-state index is 13.3. The van der Waals surface area contributed by atoms with Crippen molar-refractivity contribution in [3.8, 4) is 0 Å². The first kappa shape index (κ1) is 24.7. The number of benzene rings is 1. The van der Waals surface area contributed by atoms with E-state index in [9.17, 15) is 31.8 Å². The molecule has 0 bridgehead atoms. The second-order valence-electron chi connectivity index (χ2n) is 8.10. The van der Waals surface area contributed by atoms with Crippen LogP contribution < -0.4 is 9.80 Å². The number of nitrogens with zero attached hydrogens (tertiary/aromatic N) is 3. The van der Waals surface area contributed by atoms with E-state index in [2.05, 4.69) is 4.98 Å². The minimum atomic E-state index is -4.64. The van der Waals surface area contributed by atoms with Crippen molar-refractivity contribution >= 4 is 32.0 Å². The number of halogens is 3. The minimum Gasteiger partial charge on any atom is -0.392 e. The Labute approximate surface area is 189 Å². The van der Waals surface area contributed by atoms with E-state index in [1.54, 1.807) is 12.1 Å². The zero-order valence-electron chi connectivity index (χ0n) is 17.9. The molecule has 1 saturated heterocycles. The lowest BCUT2D eigenvalue weighted by Crippen LogP contribution is -2.55. The summed E-state index contributed by atoms with van der Waals surface area (Å²) in [5.41, 5.74) is -0.0734. The van der Waals surface area contributed by atoms with Gasteiger partial charge in [0.1, 0.15) is 0 Å². The fourth-order valence-electron chi connectivity index (χ4n) is 3.86. The molecule has 1 aliphatic heterocycles. The van der Waals surface area contributed by atoms with Crippen LogP contribution in [0.25, 0.3) is 0 Å². The number of thiazole rings is 1. The number of rotatable bonds is 6. The predicted octanol–water partition coefficient (Wildman–Crippen LogP) is 2.90. The summed E-state index contributed by atoms with van der Waals surface area (Å²) in [6.45, 7) is 4.07. The normalized spacial score (nSPS) is 18.0. The van der Waals surface area contributed by atoms with Gasteiger partial charge in [-0.1, -0.05) is 31.3 Å². The number of alkyl halides is 3. The third-order valence-electron chi connectivity index (χ3n) is 5.52. The summed E-state index contributed by atoms with van der Waals surface area (Å²) >= 11 is 0.841. The molecule has 0 radical (unpaired) electrons. The molecule has 3 rings (SSSR count). The largest absolute Gasteiger partial charge is 0.434 e. The van der Waals surface area contributed by atoms with E-state index in [0.29, 0.717) is 30.9 Å². The monoisotopic (exact) mass is 493 g/mol. The van der Waals surface area contributed by atoms with E-state index in [-0.39, 0.29) is 26.9 Å². The van der Waals surface area contributed by atoms with Gasteiger partial charge >= 0.3 is 6.18 Å². The van der Waals surface area contributed by atoms with Crippen LogP contribution in [0.2, 0.25) is 0 Å². The first-order valence-corrected chi connectivity index (χ1v) is 12.7. The summed E-state index contributed by atoms with van der Waals surface area (Å²) in [7, 11) is -3.54. The van der Waals surface area contributed by atoms with E-state index in [4.69, 9.17) is 0 Å². The van der Waals surface area contributed by atoms with Crippen LogP contribution >= 0.6 is 11.3 Å². The van der Waals surface area contributed by atoms with Gasteiger partial charge in [-0.05, 0) is 23.6 Å². The molecule has 1 aromatic carbocycles. The Morgan fingerprint density at radius 1 is 1.22 bits per heavy atom. The van der Waals surface area contributed by atoms with Crippen LogP contribution in [-0.4, -0.2) is 55.5 Å². The van der Waals surface area contributed by atoms with Crippen LogP contribution in [0.4, 0.5) is 24.0 Å². The molecule has 0 amide bonds. The van der Waals surface area contributed by atoms with Crippen molar-refractivity contribution in [2.75, 3.05) is 35.7 Å². The Hall–Kier alpha value is -1.89. The number of hydrogen-bond acceptors (Lipinski definition) is 8. The smallest absolute Gasteiger partial charge is 0.392 e. The van der Waals surface area contributed by atoms with Gasteiger partial charge < -0.3 is 20.0 Å². The highest BCUT2D eigenvalue weighted by molar-refractivity contribution is 7.90. The summed E-state index contributed by atoms with van der Waals surface area (Å²) in [4.78, 5) is 7.48. The van der Waals surface area contributed by atoms with E-state index in [0.717, 1.165) is 17.6 Å². The summed E-state index contributed by atoms with van der Waals surface area (Å²) in [5, 5.41) is 19.1. The number of aliphatic hydroxyl groups excluding tert-OH is 2. The molecule has 2 aromatic rings. The molecule has 2 heterocycles. The molecule has 1 aromatic heterocycles. The minimum absolute atomic E-state index is 0.0587. The first-order chi connectivity index (χ1) is 14.9. The number of hydrogen-bond donors (Lipinski definition) is 2. The van der Waals surface area contributed by atoms with Crippen LogP contribution in [0.3, 0.4) is 0 Å². The number of sulfone groups is 1. The van der Waals surface area contributed by atoms with Gasteiger partial charge in [-0.25, -0.2) is 13.4 Å². The van der Waals surface area contributed by atoms with Crippen molar-refractivity contribution in [2.24, 2.45) is 5.92 Å². The van der Waals surface area contributed by atoms with Crippen molar-refractivity contribution < 1.29 is 31.8 Å². The molecule has 0 spiro atoms.